The minimum atomic E-state index is -4.60. The quantitative estimate of drug-likeness (QED) is 0.0272. The van der Waals surface area contributed by atoms with Crippen LogP contribution in [0.25, 0.3) is 0 Å². The SMILES string of the molecule is CCCC/C=C/CC/C=C/CC/C=C/C(O)C(COP(=O)([O-])OCC[N+](C)(C)C)NC(=O)CCCCCCCCCCCCCCCCCCC/C=C\C/C=C\CCCCCCCCCCCCCCC. The summed E-state index contributed by atoms with van der Waals surface area (Å²) in [6.45, 7) is 4.58. The van der Waals surface area contributed by atoms with Crippen LogP contribution in [0.15, 0.2) is 60.8 Å². The molecular formula is C62H117N2O6P. The predicted molar refractivity (Wildman–Crippen MR) is 307 cm³/mol. The number of unbranched alkanes of at least 4 members (excludes halogenated alkanes) is 34. The Labute approximate surface area is 441 Å². The Balaban J connectivity index is 3.94. The van der Waals surface area contributed by atoms with Crippen molar-refractivity contribution >= 4 is 13.7 Å². The fourth-order valence-electron chi connectivity index (χ4n) is 8.67. The fraction of sp³-hybridized carbons (Fsp3) is 0.823. The van der Waals surface area contributed by atoms with Crippen LogP contribution >= 0.6 is 7.82 Å². The van der Waals surface area contributed by atoms with Crippen LogP contribution in [0, 0.1) is 0 Å². The number of carbonyl (C=O) groups excluding carboxylic acids is 1. The van der Waals surface area contributed by atoms with Gasteiger partial charge in [0.05, 0.1) is 39.9 Å². The highest BCUT2D eigenvalue weighted by molar-refractivity contribution is 7.45. The molecule has 0 fully saturated rings. The van der Waals surface area contributed by atoms with Crippen LogP contribution in [0.1, 0.15) is 277 Å². The predicted octanol–water partition coefficient (Wildman–Crippen LogP) is 17.9. The van der Waals surface area contributed by atoms with Gasteiger partial charge in [-0.25, -0.2) is 0 Å². The van der Waals surface area contributed by atoms with E-state index in [2.05, 4.69) is 67.8 Å². The first-order valence-corrected chi connectivity index (χ1v) is 31.6. The van der Waals surface area contributed by atoms with Gasteiger partial charge >= 0.3 is 0 Å². The van der Waals surface area contributed by atoms with Gasteiger partial charge in [0.25, 0.3) is 7.82 Å². The molecule has 416 valence electrons. The molecule has 0 saturated carbocycles. The van der Waals surface area contributed by atoms with Crippen molar-refractivity contribution in [3.05, 3.63) is 60.8 Å². The van der Waals surface area contributed by atoms with Crippen LogP contribution in [0.5, 0.6) is 0 Å². The highest BCUT2D eigenvalue weighted by Gasteiger charge is 2.23. The summed E-state index contributed by atoms with van der Waals surface area (Å²) in [7, 11) is 1.23. The number of aliphatic hydroxyl groups is 1. The molecule has 0 aliphatic heterocycles. The molecule has 0 aromatic heterocycles. The molecule has 2 N–H and O–H groups in total. The average molecular weight is 1020 g/mol. The van der Waals surface area contributed by atoms with Gasteiger partial charge in [0.1, 0.15) is 13.2 Å². The van der Waals surface area contributed by atoms with Crippen molar-refractivity contribution in [2.75, 3.05) is 40.9 Å². The summed E-state index contributed by atoms with van der Waals surface area (Å²) in [5, 5.41) is 13.8. The van der Waals surface area contributed by atoms with Gasteiger partial charge in [0.2, 0.25) is 5.91 Å². The first-order chi connectivity index (χ1) is 34.5. The number of phosphoric acid groups is 1. The molecule has 8 nitrogen and oxygen atoms in total. The number of amides is 1. The van der Waals surface area contributed by atoms with E-state index >= 15 is 0 Å². The molecule has 3 atom stereocenters. The Morgan fingerprint density at radius 3 is 1.27 bits per heavy atom. The van der Waals surface area contributed by atoms with E-state index in [0.29, 0.717) is 17.4 Å². The number of likely N-dealkylation sites (N-methyl/N-ethyl adjacent to an activating group) is 1. The standard InChI is InChI=1S/C62H117N2O6P/c1-6-8-10-12-14-16-18-20-21-22-23-24-25-26-27-28-29-30-31-32-33-34-35-36-37-38-39-40-41-42-43-44-46-48-50-52-54-56-62(66)63-60(59-70-71(67,68)69-58-57-64(3,4)5)61(65)55-53-51-49-47-45-19-17-15-13-11-9-7-2/h13,15,27-28,30-31,45,47,53,55,60-61,65H,6-12,14,16-26,29,32-44,46,48-52,54,56-59H2,1-5H3,(H-,63,66,67,68)/b15-13+,28-27-,31-30-,47-45+,55-53+. The van der Waals surface area contributed by atoms with Crippen molar-refractivity contribution in [2.45, 2.75) is 289 Å². The van der Waals surface area contributed by atoms with Crippen molar-refractivity contribution in [1.29, 1.82) is 0 Å². The number of allylic oxidation sites excluding steroid dienone is 9. The summed E-state index contributed by atoms with van der Waals surface area (Å²) in [5.41, 5.74) is 0. The summed E-state index contributed by atoms with van der Waals surface area (Å²) < 4.78 is 23.2. The fourth-order valence-corrected chi connectivity index (χ4v) is 9.40. The number of carbonyl (C=O) groups is 1. The first-order valence-electron chi connectivity index (χ1n) is 30.2. The van der Waals surface area contributed by atoms with Crippen molar-refractivity contribution < 1.29 is 32.9 Å². The second kappa shape index (κ2) is 53.0. The lowest BCUT2D eigenvalue weighted by Gasteiger charge is -2.29. The van der Waals surface area contributed by atoms with E-state index in [1.165, 1.54) is 199 Å². The monoisotopic (exact) mass is 1020 g/mol. The Morgan fingerprint density at radius 2 is 0.845 bits per heavy atom. The van der Waals surface area contributed by atoms with Crippen LogP contribution in [0.2, 0.25) is 0 Å². The van der Waals surface area contributed by atoms with Gasteiger partial charge in [-0.3, -0.25) is 9.36 Å². The van der Waals surface area contributed by atoms with Gasteiger partial charge in [-0.05, 0) is 70.6 Å². The van der Waals surface area contributed by atoms with Crippen LogP contribution in [0.3, 0.4) is 0 Å². The molecule has 0 aliphatic rings. The molecule has 0 aliphatic carbocycles. The molecular weight excluding hydrogens is 900 g/mol. The number of hydrogen-bond donors (Lipinski definition) is 2. The van der Waals surface area contributed by atoms with Crippen LogP contribution in [-0.4, -0.2) is 68.5 Å². The van der Waals surface area contributed by atoms with E-state index in [0.717, 1.165) is 57.8 Å². The second-order valence-corrected chi connectivity index (χ2v) is 23.1. The molecule has 0 rings (SSSR count). The molecule has 0 spiro atoms. The number of rotatable bonds is 55. The molecule has 0 aromatic carbocycles. The van der Waals surface area contributed by atoms with Gasteiger partial charge in [-0.2, -0.15) is 0 Å². The summed E-state index contributed by atoms with van der Waals surface area (Å²) in [4.78, 5) is 25.4. The lowest BCUT2D eigenvalue weighted by molar-refractivity contribution is -0.870. The maximum atomic E-state index is 12.9. The van der Waals surface area contributed by atoms with Crippen molar-refractivity contribution in [3.8, 4) is 0 Å². The normalized spacial score (nSPS) is 14.3. The van der Waals surface area contributed by atoms with Crippen molar-refractivity contribution in [1.82, 2.24) is 5.32 Å². The van der Waals surface area contributed by atoms with E-state index in [4.69, 9.17) is 9.05 Å². The highest BCUT2D eigenvalue weighted by atomic mass is 31.2. The number of nitrogens with one attached hydrogen (secondary N) is 1. The summed E-state index contributed by atoms with van der Waals surface area (Å²) in [5.74, 6) is -0.212. The number of quaternary nitrogens is 1. The Kier molecular flexibility index (Phi) is 51.7. The molecule has 71 heavy (non-hydrogen) atoms. The average Bonchev–Trinajstić information content (AvgIpc) is 3.33. The topological polar surface area (TPSA) is 108 Å². The van der Waals surface area contributed by atoms with Crippen LogP contribution < -0.4 is 10.2 Å². The molecule has 0 aromatic rings. The van der Waals surface area contributed by atoms with Gasteiger partial charge in [0, 0.05) is 6.42 Å². The maximum absolute atomic E-state index is 12.9. The van der Waals surface area contributed by atoms with Crippen molar-refractivity contribution in [3.63, 3.8) is 0 Å². The lowest BCUT2D eigenvalue weighted by atomic mass is 10.0. The van der Waals surface area contributed by atoms with Gasteiger partial charge in [-0.15, -0.1) is 0 Å². The zero-order valence-corrected chi connectivity index (χ0v) is 48.3. The first kappa shape index (κ1) is 69.2. The second-order valence-electron chi connectivity index (χ2n) is 21.7. The third-order valence-electron chi connectivity index (χ3n) is 13.4. The molecule has 0 radical (unpaired) electrons. The molecule has 0 saturated heterocycles. The summed E-state index contributed by atoms with van der Waals surface area (Å²) in [6.07, 6.45) is 72.0. The number of phosphoric ester groups is 1. The zero-order chi connectivity index (χ0) is 52.0. The Morgan fingerprint density at radius 1 is 0.493 bits per heavy atom. The smallest absolute Gasteiger partial charge is 0.268 e. The van der Waals surface area contributed by atoms with Gasteiger partial charge < -0.3 is 28.8 Å². The van der Waals surface area contributed by atoms with Crippen LogP contribution in [-0.2, 0) is 18.4 Å². The summed E-state index contributed by atoms with van der Waals surface area (Å²) in [6, 6.07) is -0.910. The molecule has 0 heterocycles. The number of aliphatic hydroxyl groups excluding tert-OH is 1. The van der Waals surface area contributed by atoms with Gasteiger partial charge in [-0.1, -0.05) is 261 Å². The molecule has 0 bridgehead atoms. The largest absolute Gasteiger partial charge is 0.756 e. The number of hydrogen-bond acceptors (Lipinski definition) is 6. The highest BCUT2D eigenvalue weighted by Crippen LogP contribution is 2.38. The van der Waals surface area contributed by atoms with E-state index in [-0.39, 0.29) is 12.5 Å². The number of nitrogens with zero attached hydrogens (tertiary/aromatic N) is 1. The molecule has 3 unspecified atom stereocenters. The van der Waals surface area contributed by atoms with Crippen molar-refractivity contribution in [2.24, 2.45) is 0 Å². The zero-order valence-electron chi connectivity index (χ0n) is 47.4. The Hall–Kier alpha value is -1.80. The van der Waals surface area contributed by atoms with E-state index in [9.17, 15) is 19.4 Å². The van der Waals surface area contributed by atoms with Gasteiger partial charge in [0.15, 0.2) is 0 Å². The maximum Gasteiger partial charge on any atom is 0.268 e. The molecule has 9 heteroatoms. The van der Waals surface area contributed by atoms with Crippen LogP contribution in [0.4, 0.5) is 0 Å². The van der Waals surface area contributed by atoms with E-state index in [1.807, 2.05) is 27.2 Å². The third kappa shape index (κ3) is 55.8. The summed E-state index contributed by atoms with van der Waals surface area (Å²) >= 11 is 0. The van der Waals surface area contributed by atoms with E-state index in [1.54, 1.807) is 6.08 Å². The minimum absolute atomic E-state index is 0.00998. The minimum Gasteiger partial charge on any atom is -0.756 e. The third-order valence-corrected chi connectivity index (χ3v) is 14.4. The lowest BCUT2D eigenvalue weighted by Crippen LogP contribution is -2.45. The van der Waals surface area contributed by atoms with E-state index < -0.39 is 26.6 Å². The molecule has 1 amide bonds. The Bertz CT molecular complexity index is 1340.